The van der Waals surface area contributed by atoms with Gasteiger partial charge in [0.25, 0.3) is 0 Å². The fourth-order valence-corrected chi connectivity index (χ4v) is 2.76. The molecule has 0 saturated carbocycles. The average Bonchev–Trinajstić information content (AvgIpc) is 2.55. The predicted molar refractivity (Wildman–Crippen MR) is 74.4 cm³/mol. The Bertz CT molecular complexity index is 430. The lowest BCUT2D eigenvalue weighted by Gasteiger charge is -2.32. The monoisotopic (exact) mass is 252 g/mol. The van der Waals surface area contributed by atoms with E-state index in [-0.39, 0.29) is 0 Å². The van der Waals surface area contributed by atoms with Crippen LogP contribution in [0.2, 0.25) is 0 Å². The van der Waals surface area contributed by atoms with Gasteiger partial charge in [0.1, 0.15) is 10.8 Å². The highest BCUT2D eigenvalue weighted by atomic mass is 32.1. The summed E-state index contributed by atoms with van der Waals surface area (Å²) < 4.78 is 1.90. The summed E-state index contributed by atoms with van der Waals surface area (Å²) in [5.74, 6) is 1.90. The van der Waals surface area contributed by atoms with Gasteiger partial charge in [-0.2, -0.15) is 5.10 Å². The maximum atomic E-state index is 5.81. The van der Waals surface area contributed by atoms with Crippen LogP contribution in [0.4, 0.5) is 5.82 Å². The molecule has 2 N–H and O–H groups in total. The van der Waals surface area contributed by atoms with Crippen LogP contribution >= 0.6 is 12.2 Å². The van der Waals surface area contributed by atoms with Gasteiger partial charge in [-0.15, -0.1) is 0 Å². The van der Waals surface area contributed by atoms with Gasteiger partial charge in [0.15, 0.2) is 0 Å². The molecule has 5 heteroatoms. The minimum atomic E-state index is 0.448. The molecule has 0 spiro atoms. The molecule has 4 nitrogen and oxygen atoms in total. The third-order valence-electron chi connectivity index (χ3n) is 3.52. The van der Waals surface area contributed by atoms with E-state index in [0.717, 1.165) is 36.1 Å². The van der Waals surface area contributed by atoms with Gasteiger partial charge in [0.2, 0.25) is 0 Å². The Kier molecular flexibility index (Phi) is 3.38. The lowest BCUT2D eigenvalue weighted by Crippen LogP contribution is -2.35. The van der Waals surface area contributed by atoms with E-state index in [9.17, 15) is 0 Å². The number of nitrogens with zero attached hydrogens (tertiary/aromatic N) is 3. The SMILES string of the molecule is Cc1nn(C)c(N2CCC(C)CC2)c1C(N)=S. The molecule has 17 heavy (non-hydrogen) atoms. The summed E-state index contributed by atoms with van der Waals surface area (Å²) >= 11 is 5.14. The number of nitrogens with two attached hydrogens (primary N) is 1. The van der Waals surface area contributed by atoms with Crippen molar-refractivity contribution < 1.29 is 0 Å². The normalized spacial score (nSPS) is 17.5. The number of aromatic nitrogens is 2. The smallest absolute Gasteiger partial charge is 0.137 e. The summed E-state index contributed by atoms with van der Waals surface area (Å²) in [6.45, 7) is 6.40. The Morgan fingerprint density at radius 3 is 2.53 bits per heavy atom. The molecule has 0 unspecified atom stereocenters. The average molecular weight is 252 g/mol. The number of rotatable bonds is 2. The van der Waals surface area contributed by atoms with Gasteiger partial charge >= 0.3 is 0 Å². The van der Waals surface area contributed by atoms with E-state index < -0.39 is 0 Å². The van der Waals surface area contributed by atoms with Crippen LogP contribution in [0.5, 0.6) is 0 Å². The first-order valence-electron chi connectivity index (χ1n) is 6.09. The first-order valence-corrected chi connectivity index (χ1v) is 6.50. The number of piperidine rings is 1. The molecule has 1 aromatic rings. The van der Waals surface area contributed by atoms with Gasteiger partial charge in [0, 0.05) is 20.1 Å². The van der Waals surface area contributed by atoms with Crippen LogP contribution < -0.4 is 10.6 Å². The first-order chi connectivity index (χ1) is 8.00. The molecule has 1 aliphatic heterocycles. The van der Waals surface area contributed by atoms with Gasteiger partial charge < -0.3 is 10.6 Å². The highest BCUT2D eigenvalue weighted by Crippen LogP contribution is 2.27. The second-order valence-corrected chi connectivity index (χ2v) is 5.38. The van der Waals surface area contributed by atoms with Crippen molar-refractivity contribution in [3.63, 3.8) is 0 Å². The van der Waals surface area contributed by atoms with Crippen LogP contribution in [-0.4, -0.2) is 27.9 Å². The summed E-state index contributed by atoms with van der Waals surface area (Å²) in [7, 11) is 1.96. The molecular weight excluding hydrogens is 232 g/mol. The lowest BCUT2D eigenvalue weighted by molar-refractivity contribution is 0.433. The van der Waals surface area contributed by atoms with E-state index in [1.54, 1.807) is 0 Å². The molecule has 0 aromatic carbocycles. The van der Waals surface area contributed by atoms with Crippen LogP contribution in [0.3, 0.4) is 0 Å². The maximum Gasteiger partial charge on any atom is 0.137 e. The van der Waals surface area contributed by atoms with Crippen molar-refractivity contribution in [2.24, 2.45) is 18.7 Å². The zero-order valence-electron chi connectivity index (χ0n) is 10.7. The molecule has 0 atom stereocenters. The van der Waals surface area contributed by atoms with Crippen LogP contribution in [0, 0.1) is 12.8 Å². The Hall–Kier alpha value is -1.10. The van der Waals surface area contributed by atoms with E-state index in [2.05, 4.69) is 16.9 Å². The van der Waals surface area contributed by atoms with Crippen molar-refractivity contribution in [2.75, 3.05) is 18.0 Å². The molecule has 0 aliphatic carbocycles. The Morgan fingerprint density at radius 2 is 2.00 bits per heavy atom. The molecule has 1 aliphatic rings. The van der Waals surface area contributed by atoms with Crippen molar-refractivity contribution in [3.8, 4) is 0 Å². The van der Waals surface area contributed by atoms with Crippen molar-refractivity contribution in [1.82, 2.24) is 9.78 Å². The molecule has 1 saturated heterocycles. The van der Waals surface area contributed by atoms with E-state index in [0.29, 0.717) is 4.99 Å². The van der Waals surface area contributed by atoms with E-state index in [1.165, 1.54) is 12.8 Å². The Balaban J connectivity index is 2.34. The molecule has 2 rings (SSSR count). The number of hydrogen-bond donors (Lipinski definition) is 1. The number of aryl methyl sites for hydroxylation is 2. The van der Waals surface area contributed by atoms with E-state index >= 15 is 0 Å². The van der Waals surface area contributed by atoms with Gasteiger partial charge in [-0.25, -0.2) is 0 Å². The zero-order chi connectivity index (χ0) is 12.6. The van der Waals surface area contributed by atoms with Crippen LogP contribution in [0.1, 0.15) is 31.0 Å². The molecular formula is C12H20N4S. The maximum absolute atomic E-state index is 5.81. The fourth-order valence-electron chi connectivity index (χ4n) is 2.52. The highest BCUT2D eigenvalue weighted by Gasteiger charge is 2.24. The highest BCUT2D eigenvalue weighted by molar-refractivity contribution is 7.80. The second kappa shape index (κ2) is 4.64. The quantitative estimate of drug-likeness (QED) is 0.812. The standard InChI is InChI=1S/C12H20N4S/c1-8-4-6-16(7-5-8)12-10(11(13)17)9(2)14-15(12)3/h8H,4-7H2,1-3H3,(H2,13,17). The Labute approximate surface area is 108 Å². The third-order valence-corrected chi connectivity index (χ3v) is 3.73. The summed E-state index contributed by atoms with van der Waals surface area (Å²) in [6.07, 6.45) is 2.45. The predicted octanol–water partition coefficient (Wildman–Crippen LogP) is 1.60. The van der Waals surface area contributed by atoms with Gasteiger partial charge in [0.05, 0.1) is 11.3 Å². The van der Waals surface area contributed by atoms with E-state index in [4.69, 9.17) is 18.0 Å². The Morgan fingerprint density at radius 1 is 1.41 bits per heavy atom. The molecule has 1 aromatic heterocycles. The molecule has 94 valence electrons. The van der Waals surface area contributed by atoms with Crippen LogP contribution in [-0.2, 0) is 7.05 Å². The van der Waals surface area contributed by atoms with Gasteiger partial charge in [-0.1, -0.05) is 19.1 Å². The van der Waals surface area contributed by atoms with Crippen molar-refractivity contribution >= 4 is 23.0 Å². The number of hydrogen-bond acceptors (Lipinski definition) is 3. The van der Waals surface area contributed by atoms with Crippen LogP contribution in [0.25, 0.3) is 0 Å². The fraction of sp³-hybridized carbons (Fsp3) is 0.667. The summed E-state index contributed by atoms with van der Waals surface area (Å²) in [5, 5.41) is 4.43. The molecule has 0 radical (unpaired) electrons. The topological polar surface area (TPSA) is 47.1 Å². The van der Waals surface area contributed by atoms with Crippen LogP contribution in [0.15, 0.2) is 0 Å². The summed E-state index contributed by atoms with van der Waals surface area (Å²) in [5.41, 5.74) is 7.68. The molecule has 0 bridgehead atoms. The van der Waals surface area contributed by atoms with Crippen molar-refractivity contribution in [1.29, 1.82) is 0 Å². The number of thiocarbonyl (C=S) groups is 1. The molecule has 1 fully saturated rings. The lowest BCUT2D eigenvalue weighted by atomic mass is 9.99. The van der Waals surface area contributed by atoms with Crippen molar-refractivity contribution in [2.45, 2.75) is 26.7 Å². The summed E-state index contributed by atoms with van der Waals surface area (Å²) in [4.78, 5) is 2.80. The molecule has 0 amide bonds. The third kappa shape index (κ3) is 2.29. The van der Waals surface area contributed by atoms with Gasteiger partial charge in [-0.3, -0.25) is 4.68 Å². The minimum Gasteiger partial charge on any atom is -0.389 e. The largest absolute Gasteiger partial charge is 0.389 e. The van der Waals surface area contributed by atoms with E-state index in [1.807, 2.05) is 18.7 Å². The van der Waals surface area contributed by atoms with Crippen molar-refractivity contribution in [3.05, 3.63) is 11.3 Å². The first kappa shape index (κ1) is 12.4. The second-order valence-electron chi connectivity index (χ2n) is 4.94. The minimum absolute atomic E-state index is 0.448. The molecule has 2 heterocycles. The zero-order valence-corrected chi connectivity index (χ0v) is 11.5. The number of anilines is 1. The summed E-state index contributed by atoms with van der Waals surface area (Å²) in [6, 6.07) is 0. The van der Waals surface area contributed by atoms with Gasteiger partial charge in [-0.05, 0) is 25.7 Å².